The van der Waals surface area contributed by atoms with Crippen molar-refractivity contribution in [1.29, 1.82) is 0 Å². The zero-order valence-electron chi connectivity index (χ0n) is 13.2. The lowest BCUT2D eigenvalue weighted by Crippen LogP contribution is -2.11. The zero-order chi connectivity index (χ0) is 17.6. The van der Waals surface area contributed by atoms with E-state index in [-0.39, 0.29) is 12.4 Å². The molecule has 0 atom stereocenters. The molecular formula is C20H14F2N2O. The maximum absolute atomic E-state index is 14.1. The lowest BCUT2D eigenvalue weighted by molar-refractivity contribution is 0.100. The molecule has 4 rings (SSSR count). The molecule has 0 bridgehead atoms. The fourth-order valence-corrected chi connectivity index (χ4v) is 3.29. The molecule has 0 saturated heterocycles. The van der Waals surface area contributed by atoms with Gasteiger partial charge in [0.2, 0.25) is 5.91 Å². The number of carbonyl (C=O) groups excluding carboxylic acids is 1. The molecule has 0 saturated carbocycles. The molecule has 3 aromatic carbocycles. The van der Waals surface area contributed by atoms with Gasteiger partial charge in [0, 0.05) is 27.4 Å². The second-order valence-electron chi connectivity index (χ2n) is 5.90. The van der Waals surface area contributed by atoms with Gasteiger partial charge in [-0.2, -0.15) is 0 Å². The van der Waals surface area contributed by atoms with Crippen LogP contribution in [0.15, 0.2) is 60.7 Å². The quantitative estimate of drug-likeness (QED) is 0.598. The monoisotopic (exact) mass is 336 g/mol. The SMILES string of the molecule is NC(=O)c1cccc2c1c1cc(F)ccc1n2Cc1ccccc1F. The highest BCUT2D eigenvalue weighted by atomic mass is 19.1. The summed E-state index contributed by atoms with van der Waals surface area (Å²) in [5.74, 6) is -1.30. The first kappa shape index (κ1) is 15.3. The predicted octanol–water partition coefficient (Wildman–Crippen LogP) is 4.22. The fraction of sp³-hybridized carbons (Fsp3) is 0.0500. The molecule has 4 aromatic rings. The Kier molecular flexibility index (Phi) is 3.50. The van der Waals surface area contributed by atoms with E-state index in [0.717, 1.165) is 0 Å². The molecule has 0 radical (unpaired) electrons. The Balaban J connectivity index is 2.08. The van der Waals surface area contributed by atoms with Crippen LogP contribution in [0.5, 0.6) is 0 Å². The van der Waals surface area contributed by atoms with Crippen molar-refractivity contribution >= 4 is 27.7 Å². The second-order valence-corrected chi connectivity index (χ2v) is 5.90. The van der Waals surface area contributed by atoms with Gasteiger partial charge in [-0.15, -0.1) is 0 Å². The summed E-state index contributed by atoms with van der Waals surface area (Å²) < 4.78 is 29.8. The summed E-state index contributed by atoms with van der Waals surface area (Å²) in [5, 5.41) is 1.17. The van der Waals surface area contributed by atoms with Gasteiger partial charge in [0.25, 0.3) is 0 Å². The van der Waals surface area contributed by atoms with Gasteiger partial charge in [-0.3, -0.25) is 4.79 Å². The van der Waals surface area contributed by atoms with Gasteiger partial charge in [-0.25, -0.2) is 8.78 Å². The van der Waals surface area contributed by atoms with Gasteiger partial charge in [0.05, 0.1) is 12.1 Å². The molecule has 1 aromatic heterocycles. The smallest absolute Gasteiger partial charge is 0.249 e. The molecule has 5 heteroatoms. The fourth-order valence-electron chi connectivity index (χ4n) is 3.29. The van der Waals surface area contributed by atoms with Crippen LogP contribution in [0.2, 0.25) is 0 Å². The van der Waals surface area contributed by atoms with Gasteiger partial charge in [-0.05, 0) is 36.4 Å². The van der Waals surface area contributed by atoms with Crippen molar-refractivity contribution in [3.63, 3.8) is 0 Å². The molecule has 1 heterocycles. The summed E-state index contributed by atoms with van der Waals surface area (Å²) in [4.78, 5) is 11.8. The van der Waals surface area contributed by atoms with Crippen molar-refractivity contribution in [3.8, 4) is 0 Å². The number of fused-ring (bicyclic) bond motifs is 3. The first-order valence-corrected chi connectivity index (χ1v) is 7.80. The Morgan fingerprint density at radius 2 is 1.76 bits per heavy atom. The van der Waals surface area contributed by atoms with Crippen LogP contribution >= 0.6 is 0 Å². The van der Waals surface area contributed by atoms with Crippen LogP contribution in [0.3, 0.4) is 0 Å². The number of hydrogen-bond acceptors (Lipinski definition) is 1. The molecule has 0 aliphatic heterocycles. The minimum Gasteiger partial charge on any atom is -0.366 e. The highest BCUT2D eigenvalue weighted by Crippen LogP contribution is 2.33. The normalized spacial score (nSPS) is 11.3. The van der Waals surface area contributed by atoms with Crippen LogP contribution in [0.1, 0.15) is 15.9 Å². The molecular weight excluding hydrogens is 322 g/mol. The third-order valence-corrected chi connectivity index (χ3v) is 4.40. The van der Waals surface area contributed by atoms with E-state index in [2.05, 4.69) is 0 Å². The van der Waals surface area contributed by atoms with Gasteiger partial charge in [-0.1, -0.05) is 24.3 Å². The third kappa shape index (κ3) is 2.45. The van der Waals surface area contributed by atoms with Crippen LogP contribution in [0.4, 0.5) is 8.78 Å². The summed E-state index contributed by atoms with van der Waals surface area (Å²) in [5.41, 5.74) is 7.75. The molecule has 0 unspecified atom stereocenters. The number of nitrogens with zero attached hydrogens (tertiary/aromatic N) is 1. The lowest BCUT2D eigenvalue weighted by atomic mass is 10.1. The number of aromatic nitrogens is 1. The minimum atomic E-state index is -0.584. The predicted molar refractivity (Wildman–Crippen MR) is 93.4 cm³/mol. The van der Waals surface area contributed by atoms with Gasteiger partial charge in [0.1, 0.15) is 11.6 Å². The summed E-state index contributed by atoms with van der Waals surface area (Å²) >= 11 is 0. The van der Waals surface area contributed by atoms with Crippen LogP contribution < -0.4 is 5.73 Å². The highest BCUT2D eigenvalue weighted by molar-refractivity contribution is 6.17. The molecule has 0 aliphatic rings. The number of amides is 1. The Morgan fingerprint density at radius 1 is 0.960 bits per heavy atom. The van der Waals surface area contributed by atoms with Gasteiger partial charge < -0.3 is 10.3 Å². The van der Waals surface area contributed by atoms with Crippen LogP contribution in [-0.4, -0.2) is 10.5 Å². The maximum Gasteiger partial charge on any atom is 0.249 e. The molecule has 1 amide bonds. The van der Waals surface area contributed by atoms with Gasteiger partial charge in [0.15, 0.2) is 0 Å². The van der Waals surface area contributed by atoms with E-state index < -0.39 is 11.7 Å². The van der Waals surface area contributed by atoms with Crippen LogP contribution in [0, 0.1) is 11.6 Å². The largest absolute Gasteiger partial charge is 0.366 e. The van der Waals surface area contributed by atoms with Crippen molar-refractivity contribution in [1.82, 2.24) is 4.57 Å². The second kappa shape index (κ2) is 5.70. The van der Waals surface area contributed by atoms with Gasteiger partial charge >= 0.3 is 0 Å². The zero-order valence-corrected chi connectivity index (χ0v) is 13.2. The molecule has 25 heavy (non-hydrogen) atoms. The summed E-state index contributed by atoms with van der Waals surface area (Å²) in [6.45, 7) is 0.264. The van der Waals surface area contributed by atoms with Crippen molar-refractivity contribution in [3.05, 3.63) is 83.4 Å². The number of halogens is 2. The van der Waals surface area contributed by atoms with E-state index in [1.54, 1.807) is 36.4 Å². The number of benzene rings is 3. The average molecular weight is 336 g/mol. The van der Waals surface area contributed by atoms with E-state index in [1.165, 1.54) is 18.2 Å². The Morgan fingerprint density at radius 3 is 2.52 bits per heavy atom. The molecule has 0 spiro atoms. The minimum absolute atomic E-state index is 0.264. The average Bonchev–Trinajstić information content (AvgIpc) is 2.90. The lowest BCUT2D eigenvalue weighted by Gasteiger charge is -2.09. The van der Waals surface area contributed by atoms with E-state index in [0.29, 0.717) is 32.9 Å². The Hall–Kier alpha value is -3.21. The van der Waals surface area contributed by atoms with Crippen molar-refractivity contribution < 1.29 is 13.6 Å². The number of primary amides is 1. The molecule has 0 aliphatic carbocycles. The number of hydrogen-bond donors (Lipinski definition) is 1. The van der Waals surface area contributed by atoms with E-state index >= 15 is 0 Å². The van der Waals surface area contributed by atoms with Crippen LogP contribution in [-0.2, 0) is 6.54 Å². The number of carbonyl (C=O) groups is 1. The summed E-state index contributed by atoms with van der Waals surface area (Å²) in [7, 11) is 0. The topological polar surface area (TPSA) is 48.0 Å². The molecule has 3 nitrogen and oxygen atoms in total. The van der Waals surface area contributed by atoms with E-state index in [4.69, 9.17) is 5.73 Å². The standard InChI is InChI=1S/C20H14F2N2O/c21-13-8-9-17-15(10-13)19-14(20(23)25)5-3-7-18(19)24(17)11-12-4-1-2-6-16(12)22/h1-10H,11H2,(H2,23,25). The number of nitrogens with two attached hydrogens (primary N) is 1. The summed E-state index contributed by atoms with van der Waals surface area (Å²) in [6, 6.07) is 16.0. The summed E-state index contributed by atoms with van der Waals surface area (Å²) in [6.07, 6.45) is 0. The maximum atomic E-state index is 14.1. The molecule has 2 N–H and O–H groups in total. The Bertz CT molecular complexity index is 1130. The highest BCUT2D eigenvalue weighted by Gasteiger charge is 2.17. The molecule has 0 fully saturated rings. The first-order chi connectivity index (χ1) is 12.1. The Labute approximate surface area is 142 Å². The van der Waals surface area contributed by atoms with Crippen molar-refractivity contribution in [2.75, 3.05) is 0 Å². The van der Waals surface area contributed by atoms with Crippen molar-refractivity contribution in [2.45, 2.75) is 6.54 Å². The first-order valence-electron chi connectivity index (χ1n) is 7.80. The molecule has 124 valence electrons. The van der Waals surface area contributed by atoms with E-state index in [1.807, 2.05) is 10.6 Å². The third-order valence-electron chi connectivity index (χ3n) is 4.40. The van der Waals surface area contributed by atoms with E-state index in [9.17, 15) is 13.6 Å². The number of rotatable bonds is 3. The van der Waals surface area contributed by atoms with Crippen LogP contribution in [0.25, 0.3) is 21.8 Å². The van der Waals surface area contributed by atoms with Crippen molar-refractivity contribution in [2.24, 2.45) is 5.73 Å².